The fraction of sp³-hybridized carbons (Fsp3) is 0.0702. The van der Waals surface area contributed by atoms with Gasteiger partial charge in [-0.3, -0.25) is 0 Å². The van der Waals surface area contributed by atoms with E-state index in [4.69, 9.17) is 4.98 Å². The van der Waals surface area contributed by atoms with E-state index in [0.29, 0.717) is 0 Å². The zero-order chi connectivity index (χ0) is 40.8. The van der Waals surface area contributed by atoms with E-state index in [1.54, 1.807) is 0 Å². The molecule has 2 aromatic heterocycles. The molecule has 0 N–H and O–H groups in total. The van der Waals surface area contributed by atoms with E-state index in [0.717, 1.165) is 28.2 Å². The van der Waals surface area contributed by atoms with Gasteiger partial charge in [-0.25, -0.2) is 4.98 Å². The fourth-order valence-corrected chi connectivity index (χ4v) is 12.0. The number of aromatic nitrogens is 2. The topological polar surface area (TPSA) is 17.8 Å². The third-order valence-electron chi connectivity index (χ3n) is 12.9. The summed E-state index contributed by atoms with van der Waals surface area (Å²) in [5.41, 5.74) is 19.2. The molecule has 1 aliphatic carbocycles. The SMILES string of the molecule is Cc1c(-c2ccccc2)cc(-c2ccccc2)nc1-c1ccc(-n2c3ccccc3c3cc(-c4ccc5c(c4)C(C)(C)c4cc6c(cc4-5)Sc4ccccc4S6)ccc32)cc1. The molecule has 61 heavy (non-hydrogen) atoms. The first-order valence-electron chi connectivity index (χ1n) is 20.9. The molecule has 0 saturated carbocycles. The predicted octanol–water partition coefficient (Wildman–Crippen LogP) is 16.1. The van der Waals surface area contributed by atoms with Gasteiger partial charge in [0.2, 0.25) is 0 Å². The van der Waals surface area contributed by atoms with E-state index >= 15 is 0 Å². The van der Waals surface area contributed by atoms with Crippen LogP contribution in [-0.4, -0.2) is 9.55 Å². The molecule has 0 unspecified atom stereocenters. The first-order valence-corrected chi connectivity index (χ1v) is 22.6. The lowest BCUT2D eigenvalue weighted by Crippen LogP contribution is -2.15. The molecule has 3 heterocycles. The van der Waals surface area contributed by atoms with Crippen molar-refractivity contribution in [2.45, 2.75) is 45.8 Å². The van der Waals surface area contributed by atoms with Gasteiger partial charge in [0.15, 0.2) is 0 Å². The minimum Gasteiger partial charge on any atom is -0.309 e. The molecular weight excluding hydrogens is 777 g/mol. The maximum absolute atomic E-state index is 5.29. The lowest BCUT2D eigenvalue weighted by Gasteiger charge is -2.24. The molecule has 0 atom stereocenters. The summed E-state index contributed by atoms with van der Waals surface area (Å²) in [4.78, 5) is 10.7. The van der Waals surface area contributed by atoms with Gasteiger partial charge >= 0.3 is 0 Å². The number of para-hydroxylation sites is 1. The molecule has 0 bridgehead atoms. The van der Waals surface area contributed by atoms with Gasteiger partial charge in [0.25, 0.3) is 0 Å². The second-order valence-corrected chi connectivity index (χ2v) is 18.9. The average molecular weight is 817 g/mol. The third-order valence-corrected chi connectivity index (χ3v) is 15.4. The number of pyridine rings is 1. The highest BCUT2D eigenvalue weighted by Gasteiger charge is 2.37. The first kappa shape index (κ1) is 36.3. The van der Waals surface area contributed by atoms with Gasteiger partial charge in [0, 0.05) is 52.6 Å². The highest BCUT2D eigenvalue weighted by atomic mass is 32.2. The minimum atomic E-state index is -0.107. The van der Waals surface area contributed by atoms with Crippen molar-refractivity contribution >= 4 is 45.3 Å². The minimum absolute atomic E-state index is 0.107. The van der Waals surface area contributed by atoms with Gasteiger partial charge in [-0.2, -0.15) is 0 Å². The predicted molar refractivity (Wildman–Crippen MR) is 257 cm³/mol. The van der Waals surface area contributed by atoms with Crippen LogP contribution in [0.3, 0.4) is 0 Å². The first-order chi connectivity index (χ1) is 29.9. The number of nitrogens with zero attached hydrogens (tertiary/aromatic N) is 2. The Labute approximate surface area is 365 Å². The zero-order valence-electron chi connectivity index (χ0n) is 34.1. The maximum Gasteiger partial charge on any atom is 0.0744 e. The van der Waals surface area contributed by atoms with Crippen LogP contribution in [0.1, 0.15) is 30.5 Å². The van der Waals surface area contributed by atoms with E-state index in [1.165, 1.54) is 91.5 Å². The second kappa shape index (κ2) is 14.0. The van der Waals surface area contributed by atoms with Crippen molar-refractivity contribution in [3.63, 3.8) is 0 Å². The average Bonchev–Trinajstić information content (AvgIpc) is 3.75. The molecule has 0 saturated heterocycles. The monoisotopic (exact) mass is 816 g/mol. The summed E-state index contributed by atoms with van der Waals surface area (Å²) in [5, 5.41) is 2.50. The smallest absolute Gasteiger partial charge is 0.0744 e. The Morgan fingerprint density at radius 2 is 1.02 bits per heavy atom. The highest BCUT2D eigenvalue weighted by molar-refractivity contribution is 8.05. The van der Waals surface area contributed by atoms with Crippen LogP contribution in [0, 0.1) is 6.92 Å². The molecular formula is C57H40N2S2. The largest absolute Gasteiger partial charge is 0.309 e. The molecule has 2 nitrogen and oxygen atoms in total. The van der Waals surface area contributed by atoms with Gasteiger partial charge in [-0.1, -0.05) is 159 Å². The zero-order valence-corrected chi connectivity index (χ0v) is 35.7. The number of benzene rings is 8. The van der Waals surface area contributed by atoms with E-state index < -0.39 is 0 Å². The summed E-state index contributed by atoms with van der Waals surface area (Å²) in [7, 11) is 0. The van der Waals surface area contributed by atoms with Crippen LogP contribution in [0.4, 0.5) is 0 Å². The Hall–Kier alpha value is -6.59. The van der Waals surface area contributed by atoms with Crippen molar-refractivity contribution in [1.82, 2.24) is 9.55 Å². The fourth-order valence-electron chi connectivity index (χ4n) is 9.70. The van der Waals surface area contributed by atoms with Gasteiger partial charge in [-0.05, 0) is 124 Å². The summed E-state index contributed by atoms with van der Waals surface area (Å²) in [6.45, 7) is 6.98. The van der Waals surface area contributed by atoms with Gasteiger partial charge in [0.1, 0.15) is 0 Å². The van der Waals surface area contributed by atoms with Crippen molar-refractivity contribution in [3.05, 3.63) is 205 Å². The third kappa shape index (κ3) is 5.84. The van der Waals surface area contributed by atoms with Gasteiger partial charge < -0.3 is 4.57 Å². The molecule has 290 valence electrons. The Kier molecular flexibility index (Phi) is 8.32. The van der Waals surface area contributed by atoms with E-state index in [1.807, 2.05) is 23.5 Å². The van der Waals surface area contributed by atoms with Crippen LogP contribution in [-0.2, 0) is 5.41 Å². The van der Waals surface area contributed by atoms with E-state index in [9.17, 15) is 0 Å². The lowest BCUT2D eigenvalue weighted by molar-refractivity contribution is 0.658. The summed E-state index contributed by atoms with van der Waals surface area (Å²) >= 11 is 3.80. The normalized spacial score (nSPS) is 13.5. The summed E-state index contributed by atoms with van der Waals surface area (Å²) in [6, 6.07) is 69.0. The van der Waals surface area contributed by atoms with Crippen LogP contribution in [0.15, 0.2) is 208 Å². The molecule has 0 radical (unpaired) electrons. The number of rotatable bonds is 5. The standard InChI is InChI=1S/C57H40N2S2/c1-35-44(36-14-6-4-7-15-36)32-49(37-16-8-5-9-17-37)58-56(35)38-22-26-41(27-23-38)59-50-19-11-10-18-43(50)46-30-39(25-29-51(46)59)40-24-28-42-45-33-54-55(34-48(45)57(2,3)47(42)31-40)61-53-21-13-12-20-52(53)60-54/h4-34H,1-3H3. The van der Waals surface area contributed by atoms with Crippen LogP contribution in [0.25, 0.3) is 83.4 Å². The molecule has 12 rings (SSSR count). The molecule has 0 spiro atoms. The molecule has 1 aliphatic heterocycles. The molecule has 10 aromatic rings. The Balaban J connectivity index is 0.922. The molecule has 8 aromatic carbocycles. The number of fused-ring (bicyclic) bond motifs is 8. The Morgan fingerprint density at radius 3 is 1.77 bits per heavy atom. The van der Waals surface area contributed by atoms with Crippen molar-refractivity contribution in [3.8, 4) is 61.6 Å². The molecule has 2 aliphatic rings. The maximum atomic E-state index is 5.29. The lowest BCUT2D eigenvalue weighted by atomic mass is 9.81. The quantitative estimate of drug-likeness (QED) is 0.172. The molecule has 0 amide bonds. The van der Waals surface area contributed by atoms with Crippen LogP contribution < -0.4 is 0 Å². The van der Waals surface area contributed by atoms with E-state index in [2.05, 4.69) is 213 Å². The van der Waals surface area contributed by atoms with Crippen molar-refractivity contribution in [2.24, 2.45) is 0 Å². The van der Waals surface area contributed by atoms with Crippen LogP contribution in [0.2, 0.25) is 0 Å². The van der Waals surface area contributed by atoms with Crippen molar-refractivity contribution in [2.75, 3.05) is 0 Å². The summed E-state index contributed by atoms with van der Waals surface area (Å²) in [6.07, 6.45) is 0. The Morgan fingerprint density at radius 1 is 0.426 bits per heavy atom. The van der Waals surface area contributed by atoms with Gasteiger partial charge in [-0.15, -0.1) is 0 Å². The van der Waals surface area contributed by atoms with Crippen LogP contribution in [0.5, 0.6) is 0 Å². The summed E-state index contributed by atoms with van der Waals surface area (Å²) < 4.78 is 2.41. The highest BCUT2D eigenvalue weighted by Crippen LogP contribution is 2.56. The van der Waals surface area contributed by atoms with Crippen LogP contribution >= 0.6 is 23.5 Å². The summed E-state index contributed by atoms with van der Waals surface area (Å²) in [5.74, 6) is 0. The molecule has 0 fully saturated rings. The molecule has 4 heteroatoms. The van der Waals surface area contributed by atoms with Gasteiger partial charge in [0.05, 0.1) is 22.4 Å². The van der Waals surface area contributed by atoms with Crippen molar-refractivity contribution < 1.29 is 0 Å². The second-order valence-electron chi connectivity index (χ2n) is 16.8. The van der Waals surface area contributed by atoms with E-state index in [-0.39, 0.29) is 5.41 Å². The number of hydrogen-bond acceptors (Lipinski definition) is 3. The van der Waals surface area contributed by atoms with Crippen molar-refractivity contribution in [1.29, 1.82) is 0 Å². The Bertz CT molecular complexity index is 3380. The number of hydrogen-bond donors (Lipinski definition) is 0.